The Morgan fingerprint density at radius 2 is 2.18 bits per heavy atom. The average Bonchev–Trinajstić information content (AvgIpc) is 2.34. The van der Waals surface area contributed by atoms with Crippen LogP contribution in [-0.4, -0.2) is 19.1 Å². The number of nitrogens with zero attached hydrogens (tertiary/aromatic N) is 1. The van der Waals surface area contributed by atoms with Gasteiger partial charge < -0.3 is 9.47 Å². The van der Waals surface area contributed by atoms with Crippen LogP contribution in [0.15, 0.2) is 30.5 Å². The van der Waals surface area contributed by atoms with Gasteiger partial charge >= 0.3 is 0 Å². The molecule has 17 heavy (non-hydrogen) atoms. The molecule has 0 atom stereocenters. The van der Waals surface area contributed by atoms with Crippen LogP contribution in [0.4, 0.5) is 5.69 Å². The highest BCUT2D eigenvalue weighted by Gasteiger charge is 2.12. The Kier molecular flexibility index (Phi) is 4.58. The molecule has 0 amide bonds. The Labute approximate surface area is 98.8 Å². The maximum atomic E-state index is 10.8. The summed E-state index contributed by atoms with van der Waals surface area (Å²) in [5.41, 5.74) is 0.249. The molecule has 5 heteroatoms. The standard InChI is InChI=1S/C12H11NO4/c1-16-8-4-3-5-10-6-7-11(17-2)9-12(10)13(14)15/h4,6-9H,1-2H3/b8-4-. The van der Waals surface area contributed by atoms with Crippen LogP contribution in [0.5, 0.6) is 5.75 Å². The Morgan fingerprint density at radius 1 is 1.41 bits per heavy atom. The third-order valence-electron chi connectivity index (χ3n) is 1.90. The number of ether oxygens (including phenoxy) is 2. The molecule has 1 aromatic rings. The normalized spacial score (nSPS) is 9.53. The molecule has 0 N–H and O–H groups in total. The lowest BCUT2D eigenvalue weighted by atomic mass is 10.2. The van der Waals surface area contributed by atoms with E-state index in [9.17, 15) is 10.1 Å². The predicted octanol–water partition coefficient (Wildman–Crippen LogP) is 2.11. The molecule has 0 fully saturated rings. The van der Waals surface area contributed by atoms with E-state index in [0.717, 1.165) is 0 Å². The van der Waals surface area contributed by atoms with Crippen LogP contribution in [0.25, 0.3) is 0 Å². The molecule has 0 aliphatic carbocycles. The van der Waals surface area contributed by atoms with Crippen molar-refractivity contribution in [2.24, 2.45) is 0 Å². The van der Waals surface area contributed by atoms with Gasteiger partial charge in [-0.3, -0.25) is 10.1 Å². The van der Waals surface area contributed by atoms with E-state index in [1.165, 1.54) is 32.6 Å². The van der Waals surface area contributed by atoms with E-state index in [1.54, 1.807) is 12.1 Å². The summed E-state index contributed by atoms with van der Waals surface area (Å²) in [5, 5.41) is 10.8. The lowest BCUT2D eigenvalue weighted by Crippen LogP contribution is -1.93. The van der Waals surface area contributed by atoms with E-state index < -0.39 is 4.92 Å². The van der Waals surface area contributed by atoms with Crippen molar-refractivity contribution in [2.45, 2.75) is 0 Å². The molecule has 88 valence electrons. The molecular formula is C12H11NO4. The number of allylic oxidation sites excluding steroid dienone is 1. The van der Waals surface area contributed by atoms with Gasteiger partial charge in [0.15, 0.2) is 0 Å². The summed E-state index contributed by atoms with van der Waals surface area (Å²) in [4.78, 5) is 10.3. The van der Waals surface area contributed by atoms with Crippen LogP contribution >= 0.6 is 0 Å². The summed E-state index contributed by atoms with van der Waals surface area (Å²) in [5.74, 6) is 5.73. The minimum atomic E-state index is -0.493. The summed E-state index contributed by atoms with van der Waals surface area (Å²) >= 11 is 0. The smallest absolute Gasteiger partial charge is 0.288 e. The van der Waals surface area contributed by atoms with Crippen molar-refractivity contribution < 1.29 is 14.4 Å². The molecule has 0 saturated carbocycles. The molecule has 0 saturated heterocycles. The zero-order valence-corrected chi connectivity index (χ0v) is 9.47. The molecule has 0 unspecified atom stereocenters. The van der Waals surface area contributed by atoms with Gasteiger partial charge in [-0.1, -0.05) is 11.8 Å². The van der Waals surface area contributed by atoms with Crippen LogP contribution in [0.2, 0.25) is 0 Å². The van der Waals surface area contributed by atoms with Gasteiger partial charge in [0.2, 0.25) is 0 Å². The maximum absolute atomic E-state index is 10.8. The van der Waals surface area contributed by atoms with Crippen LogP contribution in [0.1, 0.15) is 5.56 Å². The third kappa shape index (κ3) is 3.54. The van der Waals surface area contributed by atoms with Gasteiger partial charge in [0.25, 0.3) is 5.69 Å². The number of methoxy groups -OCH3 is 2. The van der Waals surface area contributed by atoms with Crippen LogP contribution in [-0.2, 0) is 4.74 Å². The molecule has 1 rings (SSSR count). The maximum Gasteiger partial charge on any atom is 0.288 e. The summed E-state index contributed by atoms with van der Waals surface area (Å²) in [6.07, 6.45) is 2.86. The van der Waals surface area contributed by atoms with Crippen molar-refractivity contribution >= 4 is 5.69 Å². The highest BCUT2D eigenvalue weighted by atomic mass is 16.6. The largest absolute Gasteiger partial charge is 0.504 e. The second kappa shape index (κ2) is 6.18. The predicted molar refractivity (Wildman–Crippen MR) is 62.7 cm³/mol. The summed E-state index contributed by atoms with van der Waals surface area (Å²) in [7, 11) is 2.94. The molecular weight excluding hydrogens is 222 g/mol. The lowest BCUT2D eigenvalue weighted by Gasteiger charge is -2.00. The van der Waals surface area contributed by atoms with Crippen LogP contribution < -0.4 is 4.74 Å². The van der Waals surface area contributed by atoms with Crippen molar-refractivity contribution in [1.29, 1.82) is 0 Å². The Hall–Kier alpha value is -2.48. The fourth-order valence-corrected chi connectivity index (χ4v) is 1.12. The summed E-state index contributed by atoms with van der Waals surface area (Å²) < 4.78 is 9.57. The molecule has 0 heterocycles. The number of nitro benzene ring substituents is 1. The fraction of sp³-hybridized carbons (Fsp3) is 0.167. The lowest BCUT2D eigenvalue weighted by molar-refractivity contribution is -0.385. The average molecular weight is 233 g/mol. The van der Waals surface area contributed by atoms with Gasteiger partial charge in [0, 0.05) is 6.08 Å². The first-order valence-electron chi connectivity index (χ1n) is 4.71. The molecule has 0 radical (unpaired) electrons. The topological polar surface area (TPSA) is 61.6 Å². The number of hydrogen-bond acceptors (Lipinski definition) is 4. The third-order valence-corrected chi connectivity index (χ3v) is 1.90. The van der Waals surface area contributed by atoms with Crippen molar-refractivity contribution in [3.63, 3.8) is 0 Å². The second-order valence-corrected chi connectivity index (χ2v) is 2.95. The molecule has 0 aliphatic rings. The van der Waals surface area contributed by atoms with E-state index >= 15 is 0 Å². The first-order chi connectivity index (χ1) is 8.19. The zero-order chi connectivity index (χ0) is 12.7. The molecule has 0 bridgehead atoms. The number of hydrogen-bond donors (Lipinski definition) is 0. The molecule has 0 aromatic heterocycles. The van der Waals surface area contributed by atoms with Gasteiger partial charge in [-0.15, -0.1) is 0 Å². The molecule has 5 nitrogen and oxygen atoms in total. The van der Waals surface area contributed by atoms with Crippen molar-refractivity contribution in [2.75, 3.05) is 14.2 Å². The Morgan fingerprint density at radius 3 is 2.76 bits per heavy atom. The van der Waals surface area contributed by atoms with Crippen molar-refractivity contribution in [3.8, 4) is 17.6 Å². The number of nitro groups is 1. The van der Waals surface area contributed by atoms with Crippen LogP contribution in [0.3, 0.4) is 0 Å². The van der Waals surface area contributed by atoms with Gasteiger partial charge in [-0.2, -0.15) is 0 Å². The number of rotatable bonds is 3. The van der Waals surface area contributed by atoms with E-state index in [0.29, 0.717) is 11.3 Å². The monoisotopic (exact) mass is 233 g/mol. The van der Waals surface area contributed by atoms with Gasteiger partial charge in [-0.05, 0) is 12.1 Å². The highest BCUT2D eigenvalue weighted by Crippen LogP contribution is 2.23. The van der Waals surface area contributed by atoms with Gasteiger partial charge in [0.05, 0.1) is 31.5 Å². The van der Waals surface area contributed by atoms with E-state index in [1.807, 2.05) is 0 Å². The van der Waals surface area contributed by atoms with Gasteiger partial charge in [-0.25, -0.2) is 0 Å². The van der Waals surface area contributed by atoms with E-state index in [2.05, 4.69) is 16.6 Å². The Balaban J connectivity index is 3.09. The fourth-order valence-electron chi connectivity index (χ4n) is 1.12. The van der Waals surface area contributed by atoms with Gasteiger partial charge in [0.1, 0.15) is 11.3 Å². The van der Waals surface area contributed by atoms with Crippen LogP contribution in [0, 0.1) is 22.0 Å². The van der Waals surface area contributed by atoms with Crippen molar-refractivity contribution in [1.82, 2.24) is 0 Å². The SMILES string of the molecule is CO/C=C\C#Cc1ccc(OC)cc1[N+](=O)[O-]. The van der Waals surface area contributed by atoms with E-state index in [-0.39, 0.29) is 5.69 Å². The molecule has 0 spiro atoms. The first kappa shape index (κ1) is 12.6. The molecule has 1 aromatic carbocycles. The summed E-state index contributed by atoms with van der Waals surface area (Å²) in [6, 6.07) is 4.51. The van der Waals surface area contributed by atoms with Crippen molar-refractivity contribution in [3.05, 3.63) is 46.2 Å². The second-order valence-electron chi connectivity index (χ2n) is 2.95. The highest BCUT2D eigenvalue weighted by molar-refractivity contribution is 5.55. The van der Waals surface area contributed by atoms with E-state index in [4.69, 9.17) is 4.74 Å². The molecule has 0 aliphatic heterocycles. The summed E-state index contributed by atoms with van der Waals surface area (Å²) in [6.45, 7) is 0. The number of benzene rings is 1. The Bertz CT molecular complexity index is 497. The zero-order valence-electron chi connectivity index (χ0n) is 9.47. The minimum Gasteiger partial charge on any atom is -0.504 e. The minimum absolute atomic E-state index is 0.0809. The quantitative estimate of drug-likeness (QED) is 0.347. The first-order valence-corrected chi connectivity index (χ1v) is 4.71.